The number of ether oxygens (including phenoxy) is 2. The zero-order valence-electron chi connectivity index (χ0n) is 20.9. The third kappa shape index (κ3) is 5.55. The molecule has 7 nitrogen and oxygen atoms in total. The van der Waals surface area contributed by atoms with Crippen LogP contribution in [0.5, 0.6) is 0 Å². The van der Waals surface area contributed by atoms with E-state index in [-0.39, 0.29) is 29.8 Å². The topological polar surface area (TPSA) is 109 Å². The summed E-state index contributed by atoms with van der Waals surface area (Å²) in [6.45, 7) is 7.42. The van der Waals surface area contributed by atoms with Crippen LogP contribution in [0.4, 0.5) is 0 Å². The van der Waals surface area contributed by atoms with Gasteiger partial charge in [-0.3, -0.25) is 14.6 Å². The lowest BCUT2D eigenvalue weighted by atomic mass is 9.60. The molecule has 3 aliphatic rings. The van der Waals surface area contributed by atoms with Crippen LogP contribution in [0.15, 0.2) is 28.4 Å². The lowest BCUT2D eigenvalue weighted by molar-refractivity contribution is -0.161. The molecule has 0 spiro atoms. The van der Waals surface area contributed by atoms with Gasteiger partial charge in [0.05, 0.1) is 41.4 Å². The molecule has 2 aliphatic heterocycles. The van der Waals surface area contributed by atoms with Gasteiger partial charge < -0.3 is 19.7 Å². The molecular weight excluding hydrogens is 514 g/mol. The fourth-order valence-corrected chi connectivity index (χ4v) is 6.09. The first-order valence-electron chi connectivity index (χ1n) is 12.5. The number of epoxide rings is 1. The van der Waals surface area contributed by atoms with Crippen molar-refractivity contribution in [2.24, 2.45) is 17.3 Å². The first-order chi connectivity index (χ1) is 16.4. The van der Waals surface area contributed by atoms with Crippen LogP contribution in [0.1, 0.15) is 71.9 Å². The normalized spacial score (nSPS) is 40.9. The van der Waals surface area contributed by atoms with E-state index < -0.39 is 35.6 Å². The number of fused-ring (bicyclic) bond motifs is 3. The zero-order valence-corrected chi connectivity index (χ0v) is 22.5. The van der Waals surface area contributed by atoms with Crippen molar-refractivity contribution in [3.8, 4) is 0 Å². The van der Waals surface area contributed by atoms with Crippen LogP contribution < -0.4 is 0 Å². The Labute approximate surface area is 215 Å². The maximum atomic E-state index is 13.1. The molecule has 2 N–H and O–H groups in total. The number of carbonyl (C=O) groups excluding carboxylic acids is 2. The number of aliphatic hydroxyl groups excluding tert-OH is 2. The van der Waals surface area contributed by atoms with Gasteiger partial charge in [-0.2, -0.15) is 0 Å². The van der Waals surface area contributed by atoms with Gasteiger partial charge in [0.25, 0.3) is 0 Å². The van der Waals surface area contributed by atoms with E-state index in [0.29, 0.717) is 12.8 Å². The number of carbonyl (C=O) groups is 2. The molecule has 2 bridgehead atoms. The molecule has 1 aromatic heterocycles. The van der Waals surface area contributed by atoms with Crippen LogP contribution in [-0.4, -0.2) is 57.0 Å². The molecule has 8 atom stereocenters. The standard InChI is InChI=1S/C27H36BrNO6/c1-15(10-19-8-7-18(28)14-29-19)20-11-22-27(4,35-22)9-5-6-17-13-26(3,21(30)12-23(31)34-20)25(33)16(2)24(17)32/h7-8,10,14,16-17,20-22,24,30,32H,5-6,9,11-13H2,1-4H3/b15-10+/t16-,17-,20+,21+,22+,24?,26-,27-/m1/s1. The molecule has 8 heteroatoms. The summed E-state index contributed by atoms with van der Waals surface area (Å²) >= 11 is 3.39. The lowest BCUT2D eigenvalue weighted by Gasteiger charge is -2.45. The minimum atomic E-state index is -1.18. The van der Waals surface area contributed by atoms with Gasteiger partial charge in [0, 0.05) is 23.0 Å². The van der Waals surface area contributed by atoms with Crippen molar-refractivity contribution < 1.29 is 29.3 Å². The van der Waals surface area contributed by atoms with E-state index in [2.05, 4.69) is 27.8 Å². The number of hydrogen-bond acceptors (Lipinski definition) is 7. The molecule has 35 heavy (non-hydrogen) atoms. The maximum Gasteiger partial charge on any atom is 0.309 e. The number of halogens is 1. The summed E-state index contributed by atoms with van der Waals surface area (Å²) in [5.41, 5.74) is 0.190. The molecule has 0 radical (unpaired) electrons. The molecule has 3 fully saturated rings. The van der Waals surface area contributed by atoms with E-state index in [0.717, 1.165) is 35.0 Å². The third-order valence-corrected chi connectivity index (χ3v) is 8.84. The van der Waals surface area contributed by atoms with Crippen LogP contribution in [0.25, 0.3) is 6.08 Å². The Morgan fingerprint density at radius 2 is 2.00 bits per heavy atom. The molecule has 1 saturated carbocycles. The van der Waals surface area contributed by atoms with Gasteiger partial charge in [-0.05, 0) is 78.7 Å². The number of pyridine rings is 1. The number of Topliss-reactive ketones (excluding diaryl/α,β-unsaturated/α-hetero) is 1. The highest BCUT2D eigenvalue weighted by atomic mass is 79.9. The fraction of sp³-hybridized carbons (Fsp3) is 0.667. The Morgan fingerprint density at radius 1 is 1.26 bits per heavy atom. The van der Waals surface area contributed by atoms with E-state index in [9.17, 15) is 19.8 Å². The van der Waals surface area contributed by atoms with Crippen molar-refractivity contribution in [3.05, 3.63) is 34.1 Å². The Hall–Kier alpha value is -1.61. The Kier molecular flexibility index (Phi) is 7.59. The van der Waals surface area contributed by atoms with Gasteiger partial charge in [0.1, 0.15) is 11.9 Å². The summed E-state index contributed by atoms with van der Waals surface area (Å²) < 4.78 is 12.8. The smallest absolute Gasteiger partial charge is 0.309 e. The Morgan fingerprint density at radius 3 is 2.69 bits per heavy atom. The molecule has 1 aliphatic carbocycles. The van der Waals surface area contributed by atoms with Crippen molar-refractivity contribution in [2.75, 3.05) is 0 Å². The van der Waals surface area contributed by atoms with Crippen molar-refractivity contribution in [1.29, 1.82) is 0 Å². The predicted octanol–water partition coefficient (Wildman–Crippen LogP) is 4.23. The van der Waals surface area contributed by atoms with Gasteiger partial charge in [-0.1, -0.05) is 20.3 Å². The van der Waals surface area contributed by atoms with Gasteiger partial charge in [0.2, 0.25) is 0 Å². The molecule has 0 amide bonds. The number of ketones is 1. The van der Waals surface area contributed by atoms with E-state index in [1.807, 2.05) is 25.1 Å². The van der Waals surface area contributed by atoms with Crippen LogP contribution in [-0.2, 0) is 19.1 Å². The highest BCUT2D eigenvalue weighted by molar-refractivity contribution is 9.10. The predicted molar refractivity (Wildman–Crippen MR) is 134 cm³/mol. The average Bonchev–Trinajstić information content (AvgIpc) is 3.44. The first kappa shape index (κ1) is 26.5. The second-order valence-electron chi connectivity index (χ2n) is 11.1. The maximum absolute atomic E-state index is 13.1. The fourth-order valence-electron chi connectivity index (χ4n) is 5.86. The molecule has 2 saturated heterocycles. The van der Waals surface area contributed by atoms with E-state index in [1.54, 1.807) is 20.0 Å². The number of rotatable bonds is 2. The molecular formula is C27H36BrNO6. The molecule has 3 heterocycles. The van der Waals surface area contributed by atoms with Gasteiger partial charge in [-0.25, -0.2) is 0 Å². The zero-order chi connectivity index (χ0) is 25.5. The molecule has 192 valence electrons. The monoisotopic (exact) mass is 549 g/mol. The average molecular weight is 550 g/mol. The third-order valence-electron chi connectivity index (χ3n) is 8.37. The highest BCUT2D eigenvalue weighted by Crippen LogP contribution is 2.48. The van der Waals surface area contributed by atoms with Crippen molar-refractivity contribution in [1.82, 2.24) is 4.98 Å². The molecule has 1 aromatic rings. The van der Waals surface area contributed by atoms with E-state index >= 15 is 0 Å². The van der Waals surface area contributed by atoms with Crippen LogP contribution in [0.3, 0.4) is 0 Å². The Bertz CT molecular complexity index is 996. The second-order valence-corrected chi connectivity index (χ2v) is 12.0. The van der Waals surface area contributed by atoms with Crippen molar-refractivity contribution in [2.45, 2.75) is 96.2 Å². The quantitative estimate of drug-likeness (QED) is 0.419. The number of cyclic esters (lactones) is 1. The summed E-state index contributed by atoms with van der Waals surface area (Å²) in [4.78, 5) is 30.5. The minimum Gasteiger partial charge on any atom is -0.458 e. The number of esters is 1. The Balaban J connectivity index is 1.59. The molecule has 4 rings (SSSR count). The summed E-state index contributed by atoms with van der Waals surface area (Å²) in [6.07, 6.45) is 4.11. The highest BCUT2D eigenvalue weighted by Gasteiger charge is 2.55. The second kappa shape index (κ2) is 10.0. The summed E-state index contributed by atoms with van der Waals surface area (Å²) in [5, 5.41) is 21.8. The first-order valence-corrected chi connectivity index (χ1v) is 13.3. The summed E-state index contributed by atoms with van der Waals surface area (Å²) in [6, 6.07) is 3.78. The molecule has 0 aromatic carbocycles. The van der Waals surface area contributed by atoms with E-state index in [4.69, 9.17) is 9.47 Å². The lowest BCUT2D eigenvalue weighted by Crippen LogP contribution is -2.54. The van der Waals surface area contributed by atoms with Crippen LogP contribution in [0.2, 0.25) is 0 Å². The SMILES string of the molecule is C/C(=C\c1ccc(Br)cn1)[C@@H]1C[C@@H]2O[C@]2(C)CCC[C@@H]2C[C@@](C)(C(=O)[C@H](C)C2O)[C@@H](O)CC(=O)O1. The van der Waals surface area contributed by atoms with Crippen molar-refractivity contribution in [3.63, 3.8) is 0 Å². The van der Waals surface area contributed by atoms with Gasteiger partial charge in [-0.15, -0.1) is 0 Å². The minimum absolute atomic E-state index is 0.0450. The number of aromatic nitrogens is 1. The van der Waals surface area contributed by atoms with E-state index in [1.165, 1.54) is 0 Å². The van der Waals surface area contributed by atoms with Crippen LogP contribution in [0, 0.1) is 17.3 Å². The van der Waals surface area contributed by atoms with Crippen molar-refractivity contribution >= 4 is 33.8 Å². The number of aliphatic hydroxyl groups is 2. The van der Waals surface area contributed by atoms with Gasteiger partial charge in [0.15, 0.2) is 0 Å². The number of hydrogen-bond donors (Lipinski definition) is 2. The summed E-state index contributed by atoms with van der Waals surface area (Å²) in [5.74, 6) is -1.45. The number of nitrogens with zero attached hydrogens (tertiary/aromatic N) is 1. The largest absolute Gasteiger partial charge is 0.458 e. The van der Waals surface area contributed by atoms with Gasteiger partial charge >= 0.3 is 5.97 Å². The molecule has 1 unspecified atom stereocenters. The summed E-state index contributed by atoms with van der Waals surface area (Å²) in [7, 11) is 0. The van der Waals surface area contributed by atoms with Crippen LogP contribution >= 0.6 is 15.9 Å².